The van der Waals surface area contributed by atoms with Crippen molar-refractivity contribution in [2.75, 3.05) is 45.8 Å². The van der Waals surface area contributed by atoms with Crippen molar-refractivity contribution in [1.82, 2.24) is 19.7 Å². The first-order valence-corrected chi connectivity index (χ1v) is 9.01. The van der Waals surface area contributed by atoms with E-state index in [9.17, 15) is 9.59 Å². The number of rotatable bonds is 6. The molecule has 6 nitrogen and oxygen atoms in total. The van der Waals surface area contributed by atoms with Crippen molar-refractivity contribution >= 4 is 17.9 Å². The van der Waals surface area contributed by atoms with Crippen LogP contribution < -0.4 is 0 Å². The molecule has 0 unspecified atom stereocenters. The van der Waals surface area contributed by atoms with Crippen LogP contribution in [0.2, 0.25) is 0 Å². The predicted octanol–water partition coefficient (Wildman–Crippen LogP) is 1.50. The first-order valence-electron chi connectivity index (χ1n) is 9.01. The quantitative estimate of drug-likeness (QED) is 0.734. The molecule has 2 amide bonds. The molecule has 0 saturated carbocycles. The van der Waals surface area contributed by atoms with Crippen molar-refractivity contribution in [2.24, 2.45) is 0 Å². The molecule has 0 atom stereocenters. The second kappa shape index (κ2) is 9.93. The summed E-state index contributed by atoms with van der Waals surface area (Å²) < 4.78 is 0. The summed E-state index contributed by atoms with van der Waals surface area (Å²) in [4.78, 5) is 34.5. The van der Waals surface area contributed by atoms with E-state index in [1.807, 2.05) is 35.8 Å². The highest BCUT2D eigenvalue weighted by Gasteiger charge is 2.20. The molecule has 0 radical (unpaired) electrons. The predicted molar refractivity (Wildman–Crippen MR) is 98.8 cm³/mol. The molecule has 1 aromatic rings. The lowest BCUT2D eigenvalue weighted by Crippen LogP contribution is -2.41. The largest absolute Gasteiger partial charge is 0.342 e. The Hall–Kier alpha value is -2.21. The van der Waals surface area contributed by atoms with Crippen LogP contribution in [-0.4, -0.2) is 77.3 Å². The Kier molecular flexibility index (Phi) is 7.60. The van der Waals surface area contributed by atoms with Crippen molar-refractivity contribution in [3.63, 3.8) is 0 Å². The van der Waals surface area contributed by atoms with Gasteiger partial charge in [0.05, 0.1) is 6.54 Å². The summed E-state index contributed by atoms with van der Waals surface area (Å²) in [6.07, 6.45) is 7.72. The van der Waals surface area contributed by atoms with Crippen LogP contribution in [-0.2, 0) is 9.59 Å². The van der Waals surface area contributed by atoms with E-state index in [4.69, 9.17) is 0 Å². The Morgan fingerprint density at radius 2 is 2.00 bits per heavy atom. The van der Waals surface area contributed by atoms with Gasteiger partial charge in [0, 0.05) is 57.7 Å². The molecule has 2 rings (SSSR count). The molecule has 0 N–H and O–H groups in total. The fraction of sp³-hybridized carbons (Fsp3) is 0.526. The van der Waals surface area contributed by atoms with Gasteiger partial charge in [0.25, 0.3) is 0 Å². The molecule has 1 aliphatic rings. The summed E-state index contributed by atoms with van der Waals surface area (Å²) in [5.41, 5.74) is 0.914. The van der Waals surface area contributed by atoms with Crippen molar-refractivity contribution in [1.29, 1.82) is 0 Å². The van der Waals surface area contributed by atoms with Crippen LogP contribution in [0.1, 0.15) is 25.8 Å². The molecular formula is C19H28N4O2. The Morgan fingerprint density at radius 3 is 2.68 bits per heavy atom. The van der Waals surface area contributed by atoms with E-state index in [0.29, 0.717) is 13.1 Å². The smallest absolute Gasteiger partial charge is 0.246 e. The zero-order valence-electron chi connectivity index (χ0n) is 15.2. The van der Waals surface area contributed by atoms with E-state index in [1.54, 1.807) is 24.5 Å². The zero-order valence-corrected chi connectivity index (χ0v) is 15.2. The number of carbonyl (C=O) groups excluding carboxylic acids is 2. The molecule has 25 heavy (non-hydrogen) atoms. The number of aromatic nitrogens is 1. The van der Waals surface area contributed by atoms with Gasteiger partial charge in [-0.1, -0.05) is 6.07 Å². The third kappa shape index (κ3) is 5.98. The molecule has 2 heterocycles. The first kappa shape index (κ1) is 19.1. The number of likely N-dealkylation sites (N-methyl/N-ethyl adjacent to an activating group) is 1. The molecule has 1 aromatic heterocycles. The highest BCUT2D eigenvalue weighted by Crippen LogP contribution is 2.06. The minimum absolute atomic E-state index is 0.0146. The van der Waals surface area contributed by atoms with E-state index in [2.05, 4.69) is 9.88 Å². The average molecular weight is 344 g/mol. The van der Waals surface area contributed by atoms with Crippen LogP contribution >= 0.6 is 0 Å². The van der Waals surface area contributed by atoms with Gasteiger partial charge in [-0.15, -0.1) is 0 Å². The highest BCUT2D eigenvalue weighted by molar-refractivity contribution is 5.91. The number of carbonyl (C=O) groups is 2. The van der Waals surface area contributed by atoms with Gasteiger partial charge in [-0.3, -0.25) is 19.5 Å². The molecule has 0 aromatic carbocycles. The minimum atomic E-state index is 0.0146. The SMILES string of the molecule is CCN(CC)C(=O)CN1CCCN(C(=O)C=Cc2cccnc2)CC1. The van der Waals surface area contributed by atoms with Crippen molar-refractivity contribution in [2.45, 2.75) is 20.3 Å². The Bertz CT molecular complexity index is 584. The fourth-order valence-electron chi connectivity index (χ4n) is 2.96. The second-order valence-electron chi connectivity index (χ2n) is 6.14. The van der Waals surface area contributed by atoms with Gasteiger partial charge in [0.2, 0.25) is 11.8 Å². The lowest BCUT2D eigenvalue weighted by Gasteiger charge is -2.25. The number of nitrogens with zero attached hydrogens (tertiary/aromatic N) is 4. The molecular weight excluding hydrogens is 316 g/mol. The van der Waals surface area contributed by atoms with Gasteiger partial charge in [-0.2, -0.15) is 0 Å². The van der Waals surface area contributed by atoms with E-state index >= 15 is 0 Å². The molecule has 1 saturated heterocycles. The van der Waals surface area contributed by atoms with Gasteiger partial charge >= 0.3 is 0 Å². The normalized spacial score (nSPS) is 16.0. The number of hydrogen-bond donors (Lipinski definition) is 0. The van der Waals surface area contributed by atoms with Crippen molar-refractivity contribution < 1.29 is 9.59 Å². The van der Waals surface area contributed by atoms with Gasteiger partial charge < -0.3 is 9.80 Å². The van der Waals surface area contributed by atoms with E-state index in [1.165, 1.54) is 0 Å². The summed E-state index contributed by atoms with van der Waals surface area (Å²) >= 11 is 0. The van der Waals surface area contributed by atoms with Crippen molar-refractivity contribution in [3.05, 3.63) is 36.2 Å². The summed E-state index contributed by atoms with van der Waals surface area (Å²) in [7, 11) is 0. The average Bonchev–Trinajstić information content (AvgIpc) is 2.87. The third-order valence-corrected chi connectivity index (χ3v) is 4.48. The van der Waals surface area contributed by atoms with Gasteiger partial charge in [-0.05, 0) is 38.0 Å². The third-order valence-electron chi connectivity index (χ3n) is 4.48. The molecule has 0 bridgehead atoms. The van der Waals surface area contributed by atoms with Crippen LogP contribution in [0.4, 0.5) is 0 Å². The number of pyridine rings is 1. The first-order chi connectivity index (χ1) is 12.1. The van der Waals surface area contributed by atoms with Gasteiger partial charge in [-0.25, -0.2) is 0 Å². The lowest BCUT2D eigenvalue weighted by molar-refractivity contribution is -0.132. The highest BCUT2D eigenvalue weighted by atomic mass is 16.2. The maximum Gasteiger partial charge on any atom is 0.246 e. The van der Waals surface area contributed by atoms with Crippen LogP contribution in [0, 0.1) is 0 Å². The Balaban J connectivity index is 1.85. The number of amides is 2. The van der Waals surface area contributed by atoms with Gasteiger partial charge in [0.15, 0.2) is 0 Å². The van der Waals surface area contributed by atoms with Crippen LogP contribution in [0.25, 0.3) is 6.08 Å². The van der Waals surface area contributed by atoms with Crippen LogP contribution in [0.15, 0.2) is 30.6 Å². The zero-order chi connectivity index (χ0) is 18.1. The topological polar surface area (TPSA) is 56.8 Å². The molecule has 0 aliphatic carbocycles. The Morgan fingerprint density at radius 1 is 1.20 bits per heavy atom. The fourth-order valence-corrected chi connectivity index (χ4v) is 2.96. The summed E-state index contributed by atoms with van der Waals surface area (Å²) in [6.45, 7) is 8.89. The van der Waals surface area contributed by atoms with Crippen molar-refractivity contribution in [3.8, 4) is 0 Å². The van der Waals surface area contributed by atoms with E-state index in [-0.39, 0.29) is 11.8 Å². The summed E-state index contributed by atoms with van der Waals surface area (Å²) in [5.74, 6) is 0.182. The monoisotopic (exact) mass is 344 g/mol. The molecule has 1 fully saturated rings. The van der Waals surface area contributed by atoms with Crippen LogP contribution in [0.3, 0.4) is 0 Å². The number of hydrogen-bond acceptors (Lipinski definition) is 4. The summed E-state index contributed by atoms with van der Waals surface area (Å²) in [6, 6.07) is 3.76. The lowest BCUT2D eigenvalue weighted by atomic mass is 10.2. The van der Waals surface area contributed by atoms with Gasteiger partial charge in [0.1, 0.15) is 0 Å². The molecule has 1 aliphatic heterocycles. The minimum Gasteiger partial charge on any atom is -0.342 e. The maximum atomic E-state index is 12.4. The van der Waals surface area contributed by atoms with Crippen LogP contribution in [0.5, 0.6) is 0 Å². The summed E-state index contributed by atoms with van der Waals surface area (Å²) in [5, 5.41) is 0. The maximum absolute atomic E-state index is 12.4. The molecule has 0 spiro atoms. The van der Waals surface area contributed by atoms with E-state index < -0.39 is 0 Å². The standard InChI is InChI=1S/C19H28N4O2/c1-3-22(4-2)19(25)16-21-11-6-12-23(14-13-21)18(24)9-8-17-7-5-10-20-15-17/h5,7-10,15H,3-4,6,11-14,16H2,1-2H3. The molecule has 136 valence electrons. The molecule has 6 heteroatoms. The second-order valence-corrected chi connectivity index (χ2v) is 6.14. The van der Waals surface area contributed by atoms with E-state index in [0.717, 1.165) is 44.7 Å². The Labute approximate surface area is 150 Å².